The first-order valence-electron chi connectivity index (χ1n) is 3.16. The van der Waals surface area contributed by atoms with E-state index in [1.807, 2.05) is 5.38 Å². The number of rotatable bonds is 1. The van der Waals surface area contributed by atoms with Crippen molar-refractivity contribution in [2.45, 2.75) is 6.92 Å². The zero-order chi connectivity index (χ0) is 8.97. The quantitative estimate of drug-likeness (QED) is 0.665. The number of anilines is 1. The highest BCUT2D eigenvalue weighted by atomic mass is 32.1. The molecule has 0 saturated heterocycles. The zero-order valence-corrected chi connectivity index (χ0v) is 7.96. The molecule has 0 atom stereocenters. The van der Waals surface area contributed by atoms with Gasteiger partial charge in [-0.15, -0.1) is 11.3 Å². The van der Waals surface area contributed by atoms with Gasteiger partial charge in [-0.05, 0) is 12.2 Å². The molecular formula is C6H7N3OS2. The molecule has 0 radical (unpaired) electrons. The molecule has 0 fully saturated rings. The normalized spacial score (nSPS) is 9.08. The monoisotopic (exact) mass is 201 g/mol. The van der Waals surface area contributed by atoms with Gasteiger partial charge in [0.1, 0.15) is 0 Å². The first kappa shape index (κ1) is 9.08. The van der Waals surface area contributed by atoms with Crippen LogP contribution in [0.25, 0.3) is 0 Å². The van der Waals surface area contributed by atoms with E-state index in [4.69, 9.17) is 12.2 Å². The van der Waals surface area contributed by atoms with Crippen molar-refractivity contribution in [2.75, 3.05) is 5.32 Å². The largest absolute Gasteiger partial charge is 0.308 e. The van der Waals surface area contributed by atoms with Crippen molar-refractivity contribution in [1.29, 1.82) is 0 Å². The summed E-state index contributed by atoms with van der Waals surface area (Å²) in [6, 6.07) is 0. The molecule has 0 unspecified atom stereocenters. The van der Waals surface area contributed by atoms with Crippen molar-refractivity contribution < 1.29 is 4.79 Å². The van der Waals surface area contributed by atoms with Crippen LogP contribution in [0.5, 0.6) is 0 Å². The average molecular weight is 201 g/mol. The molecule has 1 heterocycles. The Labute approximate surface area is 79.0 Å². The summed E-state index contributed by atoms with van der Waals surface area (Å²) in [4.78, 5) is 14.5. The van der Waals surface area contributed by atoms with E-state index in [-0.39, 0.29) is 11.0 Å². The van der Waals surface area contributed by atoms with Gasteiger partial charge in [0.05, 0.1) is 0 Å². The van der Waals surface area contributed by atoms with Gasteiger partial charge in [-0.2, -0.15) is 0 Å². The lowest BCUT2D eigenvalue weighted by molar-refractivity contribution is -0.117. The molecule has 0 spiro atoms. The minimum Gasteiger partial charge on any atom is -0.308 e. The van der Waals surface area contributed by atoms with E-state index >= 15 is 0 Å². The van der Waals surface area contributed by atoms with E-state index in [0.717, 1.165) is 0 Å². The summed E-state index contributed by atoms with van der Waals surface area (Å²) in [7, 11) is 0. The lowest BCUT2D eigenvalue weighted by Crippen LogP contribution is -2.32. The first-order valence-corrected chi connectivity index (χ1v) is 4.45. The van der Waals surface area contributed by atoms with Crippen LogP contribution in [0.1, 0.15) is 6.92 Å². The Morgan fingerprint density at radius 1 is 1.75 bits per heavy atom. The number of hydrogen-bond acceptors (Lipinski definition) is 4. The Hall–Kier alpha value is -1.01. The summed E-state index contributed by atoms with van der Waals surface area (Å²) in [6.45, 7) is 1.40. The molecule has 1 amide bonds. The predicted molar refractivity (Wildman–Crippen MR) is 52.2 cm³/mol. The number of nitrogens with zero attached hydrogens (tertiary/aromatic N) is 1. The van der Waals surface area contributed by atoms with E-state index in [1.54, 1.807) is 6.20 Å². The van der Waals surface area contributed by atoms with Crippen molar-refractivity contribution in [1.82, 2.24) is 10.3 Å². The number of thiazole rings is 1. The summed E-state index contributed by atoms with van der Waals surface area (Å²) in [6.07, 6.45) is 1.66. The average Bonchev–Trinajstić information content (AvgIpc) is 2.37. The molecule has 0 aliphatic carbocycles. The smallest absolute Gasteiger partial charge is 0.222 e. The van der Waals surface area contributed by atoms with Gasteiger partial charge in [0, 0.05) is 18.5 Å². The first-order chi connectivity index (χ1) is 5.68. The Kier molecular flexibility index (Phi) is 3.12. The number of amides is 1. The second kappa shape index (κ2) is 4.13. The second-order valence-corrected chi connectivity index (χ2v) is 3.28. The maximum atomic E-state index is 10.5. The van der Waals surface area contributed by atoms with Crippen molar-refractivity contribution in [3.8, 4) is 0 Å². The van der Waals surface area contributed by atoms with Crippen LogP contribution in [-0.2, 0) is 4.79 Å². The number of carbonyl (C=O) groups excluding carboxylic acids is 1. The van der Waals surface area contributed by atoms with Gasteiger partial charge in [0.15, 0.2) is 10.2 Å². The van der Waals surface area contributed by atoms with Gasteiger partial charge in [-0.25, -0.2) is 4.98 Å². The van der Waals surface area contributed by atoms with E-state index in [1.165, 1.54) is 18.3 Å². The zero-order valence-electron chi connectivity index (χ0n) is 6.33. The van der Waals surface area contributed by atoms with Gasteiger partial charge in [-0.1, -0.05) is 0 Å². The maximum Gasteiger partial charge on any atom is 0.222 e. The summed E-state index contributed by atoms with van der Waals surface area (Å²) in [5.41, 5.74) is 0. The molecule has 0 aliphatic heterocycles. The molecule has 1 rings (SSSR count). The van der Waals surface area contributed by atoms with Gasteiger partial charge in [0.2, 0.25) is 5.91 Å². The maximum absolute atomic E-state index is 10.5. The molecule has 6 heteroatoms. The minimum atomic E-state index is -0.191. The van der Waals surface area contributed by atoms with Crippen LogP contribution in [-0.4, -0.2) is 16.0 Å². The number of hydrogen-bond donors (Lipinski definition) is 2. The second-order valence-electron chi connectivity index (χ2n) is 1.97. The molecule has 1 aromatic heterocycles. The van der Waals surface area contributed by atoms with Gasteiger partial charge >= 0.3 is 0 Å². The Morgan fingerprint density at radius 3 is 3.00 bits per heavy atom. The molecule has 64 valence electrons. The van der Waals surface area contributed by atoms with Crippen LogP contribution >= 0.6 is 23.6 Å². The fourth-order valence-corrected chi connectivity index (χ4v) is 1.41. The molecule has 2 N–H and O–H groups in total. The van der Waals surface area contributed by atoms with E-state index in [0.29, 0.717) is 5.13 Å². The van der Waals surface area contributed by atoms with Crippen LogP contribution in [0.4, 0.5) is 5.13 Å². The lowest BCUT2D eigenvalue weighted by Gasteiger charge is -2.03. The SMILES string of the molecule is CC(=O)NC(=S)Nc1nccs1. The number of nitrogens with one attached hydrogen (secondary N) is 2. The van der Waals surface area contributed by atoms with Crippen LogP contribution in [0, 0.1) is 0 Å². The highest BCUT2D eigenvalue weighted by Gasteiger charge is 1.99. The molecule has 0 saturated carbocycles. The molecule has 0 bridgehead atoms. The molecule has 0 aromatic carbocycles. The summed E-state index contributed by atoms with van der Waals surface area (Å²) >= 11 is 6.22. The minimum absolute atomic E-state index is 0.191. The van der Waals surface area contributed by atoms with Crippen LogP contribution < -0.4 is 10.6 Å². The standard InChI is InChI=1S/C6H7N3OS2/c1-4(10)8-5(11)9-6-7-2-3-12-6/h2-3H,1H3,(H2,7,8,9,10,11). The van der Waals surface area contributed by atoms with Crippen molar-refractivity contribution in [3.63, 3.8) is 0 Å². The third kappa shape index (κ3) is 2.93. The lowest BCUT2D eigenvalue weighted by atomic mass is 10.7. The molecule has 4 nitrogen and oxygen atoms in total. The molecule has 12 heavy (non-hydrogen) atoms. The van der Waals surface area contributed by atoms with Gasteiger partial charge in [-0.3, -0.25) is 4.79 Å². The van der Waals surface area contributed by atoms with Crippen LogP contribution in [0.15, 0.2) is 11.6 Å². The topological polar surface area (TPSA) is 54.0 Å². The fourth-order valence-electron chi connectivity index (χ4n) is 0.573. The fraction of sp³-hybridized carbons (Fsp3) is 0.167. The summed E-state index contributed by atoms with van der Waals surface area (Å²) in [5.74, 6) is -0.191. The Bertz CT molecular complexity index is 283. The number of carbonyl (C=O) groups is 1. The summed E-state index contributed by atoms with van der Waals surface area (Å²) in [5, 5.41) is 7.96. The Morgan fingerprint density at radius 2 is 2.50 bits per heavy atom. The van der Waals surface area contributed by atoms with E-state index < -0.39 is 0 Å². The molecule has 1 aromatic rings. The van der Waals surface area contributed by atoms with Crippen molar-refractivity contribution >= 4 is 39.7 Å². The third-order valence-electron chi connectivity index (χ3n) is 0.942. The van der Waals surface area contributed by atoms with Crippen molar-refractivity contribution in [3.05, 3.63) is 11.6 Å². The molecule has 0 aliphatic rings. The van der Waals surface area contributed by atoms with E-state index in [9.17, 15) is 4.79 Å². The number of thiocarbonyl (C=S) groups is 1. The van der Waals surface area contributed by atoms with Crippen LogP contribution in [0.3, 0.4) is 0 Å². The van der Waals surface area contributed by atoms with E-state index in [2.05, 4.69) is 15.6 Å². The highest BCUT2D eigenvalue weighted by molar-refractivity contribution is 7.80. The van der Waals surface area contributed by atoms with Gasteiger partial charge < -0.3 is 10.6 Å². The van der Waals surface area contributed by atoms with Crippen LogP contribution in [0.2, 0.25) is 0 Å². The number of aromatic nitrogens is 1. The summed E-state index contributed by atoms with van der Waals surface area (Å²) < 4.78 is 0. The highest BCUT2D eigenvalue weighted by Crippen LogP contribution is 2.09. The molecular weight excluding hydrogens is 194 g/mol. The van der Waals surface area contributed by atoms with Gasteiger partial charge in [0.25, 0.3) is 0 Å². The Balaban J connectivity index is 2.42. The van der Waals surface area contributed by atoms with Crippen molar-refractivity contribution in [2.24, 2.45) is 0 Å². The predicted octanol–water partition coefficient (Wildman–Crippen LogP) is 0.976. The third-order valence-corrected chi connectivity index (χ3v) is 1.84.